The number of hydrogen-bond acceptors (Lipinski definition) is 7. The van der Waals surface area contributed by atoms with Gasteiger partial charge in [-0.05, 0) is 24.3 Å². The summed E-state index contributed by atoms with van der Waals surface area (Å²) in [7, 11) is 1.48. The molecule has 0 radical (unpaired) electrons. The monoisotopic (exact) mass is 397 g/mol. The molecular weight excluding hydrogens is 378 g/mol. The summed E-state index contributed by atoms with van der Waals surface area (Å²) in [4.78, 5) is 43.2. The fraction of sp³-hybridized carbons (Fsp3) is 0.316. The zero-order valence-electron chi connectivity index (χ0n) is 15.3. The van der Waals surface area contributed by atoms with Gasteiger partial charge in [-0.3, -0.25) is 9.59 Å². The maximum Gasteiger partial charge on any atom is 0.316 e. The lowest BCUT2D eigenvalue weighted by Gasteiger charge is -2.32. The molecule has 1 atom stereocenters. The zero-order chi connectivity index (χ0) is 19.5. The van der Waals surface area contributed by atoms with Crippen LogP contribution in [0.4, 0.5) is 0 Å². The molecule has 0 spiro atoms. The molecule has 1 N–H and O–H groups in total. The van der Waals surface area contributed by atoms with Crippen LogP contribution in [0.2, 0.25) is 0 Å². The van der Waals surface area contributed by atoms with Crippen molar-refractivity contribution in [2.24, 2.45) is 0 Å². The molecule has 1 aliphatic heterocycles. The smallest absolute Gasteiger partial charge is 0.316 e. The first kappa shape index (κ1) is 18.3. The molecule has 1 amide bonds. The van der Waals surface area contributed by atoms with Crippen LogP contribution in [0.5, 0.6) is 6.01 Å². The van der Waals surface area contributed by atoms with E-state index in [4.69, 9.17) is 4.74 Å². The van der Waals surface area contributed by atoms with Gasteiger partial charge in [-0.25, -0.2) is 15.0 Å². The minimum atomic E-state index is -0.180. The Morgan fingerprint density at radius 3 is 2.89 bits per heavy atom. The Kier molecular flexibility index (Phi) is 5.16. The second kappa shape index (κ2) is 7.89. The SMILES string of the molecule is COc1ncc(C(=O)N2CCC[C@H](c3nc(-c4cccs4)cc(=O)[nH]3)C2)cn1. The average molecular weight is 397 g/mol. The van der Waals surface area contributed by atoms with Crippen LogP contribution in [0.1, 0.15) is 34.9 Å². The standard InChI is InChI=1S/C19H19N5O3S/c1-27-19-20-9-13(10-21-19)18(26)24-6-2-4-12(11-24)17-22-14(8-16(25)23-17)15-5-3-7-28-15/h3,5,7-10,12H,2,4,6,11H2,1H3,(H,22,23,25)/t12-/m0/s1. The first-order valence-electron chi connectivity index (χ1n) is 8.94. The quantitative estimate of drug-likeness (QED) is 0.725. The summed E-state index contributed by atoms with van der Waals surface area (Å²) in [5, 5.41) is 1.95. The Morgan fingerprint density at radius 2 is 2.18 bits per heavy atom. The number of hydrogen-bond donors (Lipinski definition) is 1. The van der Waals surface area contributed by atoms with Gasteiger partial charge < -0.3 is 14.6 Å². The molecule has 8 nitrogen and oxygen atoms in total. The van der Waals surface area contributed by atoms with Gasteiger partial charge in [0.1, 0.15) is 5.82 Å². The van der Waals surface area contributed by atoms with Gasteiger partial charge in [0, 0.05) is 37.5 Å². The molecule has 4 rings (SSSR count). The zero-order valence-corrected chi connectivity index (χ0v) is 16.1. The molecule has 1 aliphatic rings. The van der Waals surface area contributed by atoms with Crippen LogP contribution in [0.3, 0.4) is 0 Å². The van der Waals surface area contributed by atoms with E-state index in [2.05, 4.69) is 19.9 Å². The molecule has 1 fully saturated rings. The second-order valence-electron chi connectivity index (χ2n) is 6.54. The number of likely N-dealkylation sites (tertiary alicyclic amines) is 1. The van der Waals surface area contributed by atoms with Gasteiger partial charge in [0.15, 0.2) is 0 Å². The Morgan fingerprint density at radius 1 is 1.36 bits per heavy atom. The summed E-state index contributed by atoms with van der Waals surface area (Å²) >= 11 is 1.54. The summed E-state index contributed by atoms with van der Waals surface area (Å²) in [5.41, 5.74) is 0.899. The van der Waals surface area contributed by atoms with Crippen LogP contribution in [0, 0.1) is 0 Å². The van der Waals surface area contributed by atoms with Crippen molar-refractivity contribution in [3.63, 3.8) is 0 Å². The van der Waals surface area contributed by atoms with Gasteiger partial charge in [0.05, 0.1) is 23.2 Å². The van der Waals surface area contributed by atoms with Crippen molar-refractivity contribution in [1.29, 1.82) is 0 Å². The number of methoxy groups -OCH3 is 1. The van der Waals surface area contributed by atoms with E-state index in [0.717, 1.165) is 17.7 Å². The molecule has 0 unspecified atom stereocenters. The molecular formula is C19H19N5O3S. The Labute approximate surface area is 165 Å². The van der Waals surface area contributed by atoms with Crippen molar-refractivity contribution >= 4 is 17.2 Å². The molecule has 0 aromatic carbocycles. The van der Waals surface area contributed by atoms with E-state index in [0.29, 0.717) is 30.2 Å². The minimum Gasteiger partial charge on any atom is -0.467 e. The van der Waals surface area contributed by atoms with E-state index in [-0.39, 0.29) is 23.4 Å². The third-order valence-corrected chi connectivity index (χ3v) is 5.58. The summed E-state index contributed by atoms with van der Waals surface area (Å²) in [6.07, 6.45) is 4.63. The molecule has 9 heteroatoms. The average Bonchev–Trinajstić information content (AvgIpc) is 3.28. The lowest BCUT2D eigenvalue weighted by Crippen LogP contribution is -2.40. The van der Waals surface area contributed by atoms with Crippen molar-refractivity contribution in [2.45, 2.75) is 18.8 Å². The Balaban J connectivity index is 1.55. The highest BCUT2D eigenvalue weighted by Crippen LogP contribution is 2.27. The van der Waals surface area contributed by atoms with E-state index >= 15 is 0 Å². The normalized spacial score (nSPS) is 16.8. The van der Waals surface area contributed by atoms with Crippen molar-refractivity contribution in [1.82, 2.24) is 24.8 Å². The predicted octanol–water partition coefficient (Wildman–Crippen LogP) is 2.32. The molecule has 3 aromatic heterocycles. The summed E-state index contributed by atoms with van der Waals surface area (Å²) in [5.74, 6) is 0.466. The lowest BCUT2D eigenvalue weighted by molar-refractivity contribution is 0.0703. The largest absolute Gasteiger partial charge is 0.467 e. The van der Waals surface area contributed by atoms with E-state index in [1.165, 1.54) is 25.6 Å². The van der Waals surface area contributed by atoms with Crippen LogP contribution in [-0.2, 0) is 0 Å². The fourth-order valence-corrected chi connectivity index (χ4v) is 4.01. The van der Waals surface area contributed by atoms with Crippen LogP contribution in [0.15, 0.2) is 40.8 Å². The Bertz CT molecular complexity index is 1020. The maximum atomic E-state index is 12.8. The number of carbonyl (C=O) groups excluding carboxylic acids is 1. The van der Waals surface area contributed by atoms with Crippen LogP contribution < -0.4 is 10.3 Å². The highest BCUT2D eigenvalue weighted by molar-refractivity contribution is 7.13. The van der Waals surface area contributed by atoms with Gasteiger partial charge in [0.2, 0.25) is 0 Å². The van der Waals surface area contributed by atoms with Crippen molar-refractivity contribution in [2.75, 3.05) is 20.2 Å². The van der Waals surface area contributed by atoms with Gasteiger partial charge in [-0.2, -0.15) is 0 Å². The van der Waals surface area contributed by atoms with E-state index in [9.17, 15) is 9.59 Å². The number of H-pyrrole nitrogens is 1. The van der Waals surface area contributed by atoms with Crippen molar-refractivity contribution in [3.05, 3.63) is 57.7 Å². The van der Waals surface area contributed by atoms with Gasteiger partial charge in [-0.1, -0.05) is 6.07 Å². The molecule has 3 aromatic rings. The van der Waals surface area contributed by atoms with Gasteiger partial charge >= 0.3 is 6.01 Å². The highest BCUT2D eigenvalue weighted by Gasteiger charge is 2.27. The van der Waals surface area contributed by atoms with Crippen LogP contribution in [-0.4, -0.2) is 50.9 Å². The number of carbonyl (C=O) groups is 1. The van der Waals surface area contributed by atoms with Gasteiger partial charge in [0.25, 0.3) is 11.5 Å². The third kappa shape index (κ3) is 3.79. The van der Waals surface area contributed by atoms with E-state index in [1.54, 1.807) is 16.2 Å². The number of thiophene rings is 1. The number of rotatable bonds is 4. The summed E-state index contributed by atoms with van der Waals surface area (Å²) < 4.78 is 4.93. The van der Waals surface area contributed by atoms with Gasteiger partial charge in [-0.15, -0.1) is 11.3 Å². The minimum absolute atomic E-state index is 0.0236. The molecule has 4 heterocycles. The van der Waals surface area contributed by atoms with E-state index < -0.39 is 0 Å². The van der Waals surface area contributed by atoms with Crippen LogP contribution >= 0.6 is 11.3 Å². The number of piperidine rings is 1. The number of nitrogens with zero attached hydrogens (tertiary/aromatic N) is 4. The number of nitrogens with one attached hydrogen (secondary N) is 1. The summed E-state index contributed by atoms with van der Waals surface area (Å²) in [6, 6.07) is 5.60. The van der Waals surface area contributed by atoms with Crippen molar-refractivity contribution < 1.29 is 9.53 Å². The molecule has 144 valence electrons. The Hall–Kier alpha value is -3.07. The molecule has 28 heavy (non-hydrogen) atoms. The third-order valence-electron chi connectivity index (χ3n) is 4.69. The molecule has 1 saturated heterocycles. The van der Waals surface area contributed by atoms with Crippen molar-refractivity contribution in [3.8, 4) is 16.6 Å². The van der Waals surface area contributed by atoms with E-state index in [1.807, 2.05) is 17.5 Å². The summed E-state index contributed by atoms with van der Waals surface area (Å²) in [6.45, 7) is 1.14. The number of aromatic amines is 1. The predicted molar refractivity (Wildman–Crippen MR) is 105 cm³/mol. The van der Waals surface area contributed by atoms with Crippen LogP contribution in [0.25, 0.3) is 10.6 Å². The lowest BCUT2D eigenvalue weighted by atomic mass is 9.96. The first-order valence-corrected chi connectivity index (χ1v) is 9.82. The molecule has 0 aliphatic carbocycles. The first-order chi connectivity index (χ1) is 13.6. The topological polar surface area (TPSA) is 101 Å². The number of amides is 1. The molecule has 0 saturated carbocycles. The second-order valence-corrected chi connectivity index (χ2v) is 7.49. The molecule has 0 bridgehead atoms. The highest BCUT2D eigenvalue weighted by atomic mass is 32.1. The fourth-order valence-electron chi connectivity index (χ4n) is 3.32. The number of aromatic nitrogens is 4. The number of ether oxygens (including phenoxy) is 1. The maximum absolute atomic E-state index is 12.8.